The molecule has 154 valence electrons. The van der Waals surface area contributed by atoms with Crippen LogP contribution in [0.25, 0.3) is 0 Å². The van der Waals surface area contributed by atoms with Crippen molar-refractivity contribution in [1.29, 1.82) is 0 Å². The molecule has 2 atom stereocenters. The van der Waals surface area contributed by atoms with Crippen LogP contribution in [0.4, 0.5) is 10.1 Å². The van der Waals surface area contributed by atoms with Gasteiger partial charge in [-0.25, -0.2) is 4.39 Å². The number of thiocarbonyl (C=S) groups is 1. The van der Waals surface area contributed by atoms with E-state index < -0.39 is 5.82 Å². The van der Waals surface area contributed by atoms with E-state index in [4.69, 9.17) is 16.6 Å². The number of carbonyl (C=O) groups excluding carboxylic acids is 1. The van der Waals surface area contributed by atoms with Gasteiger partial charge < -0.3 is 20.0 Å². The summed E-state index contributed by atoms with van der Waals surface area (Å²) in [5.74, 6) is 0.770. The van der Waals surface area contributed by atoms with E-state index in [-0.39, 0.29) is 30.1 Å². The molecule has 0 bridgehead atoms. The van der Waals surface area contributed by atoms with Crippen LogP contribution >= 0.6 is 12.2 Å². The maximum atomic E-state index is 13.8. The second kappa shape index (κ2) is 8.62. The molecule has 1 saturated heterocycles. The average molecular weight is 425 g/mol. The monoisotopic (exact) mass is 424 g/mol. The first kappa shape index (κ1) is 20.0. The minimum atomic E-state index is -0.469. The SMILES string of the molecule is Cc1ccc([C@H]2[C@H](c3ccccn3)NC(=S)N2CCC(=O)Nc2ccccc2F)o1. The fraction of sp³-hybridized carbons (Fsp3) is 0.227. The van der Waals surface area contributed by atoms with Gasteiger partial charge in [0.2, 0.25) is 5.91 Å². The number of para-hydroxylation sites is 1. The van der Waals surface area contributed by atoms with Crippen molar-refractivity contribution in [3.8, 4) is 0 Å². The minimum absolute atomic E-state index is 0.140. The Morgan fingerprint density at radius 1 is 1.23 bits per heavy atom. The van der Waals surface area contributed by atoms with Gasteiger partial charge in [0.25, 0.3) is 0 Å². The number of carbonyl (C=O) groups is 1. The summed E-state index contributed by atoms with van der Waals surface area (Å²) in [7, 11) is 0. The number of hydrogen-bond donors (Lipinski definition) is 2. The van der Waals surface area contributed by atoms with Gasteiger partial charge in [0.1, 0.15) is 23.4 Å². The van der Waals surface area contributed by atoms with Crippen molar-refractivity contribution in [2.75, 3.05) is 11.9 Å². The predicted molar refractivity (Wildman–Crippen MR) is 115 cm³/mol. The van der Waals surface area contributed by atoms with E-state index in [1.807, 2.05) is 42.2 Å². The smallest absolute Gasteiger partial charge is 0.226 e. The summed E-state index contributed by atoms with van der Waals surface area (Å²) in [4.78, 5) is 18.8. The summed E-state index contributed by atoms with van der Waals surface area (Å²) in [6.07, 6.45) is 1.87. The number of furan rings is 1. The third kappa shape index (κ3) is 4.18. The Balaban J connectivity index is 1.52. The van der Waals surface area contributed by atoms with Crippen molar-refractivity contribution in [1.82, 2.24) is 15.2 Å². The first-order valence-electron chi connectivity index (χ1n) is 9.61. The molecular formula is C22H21FN4O2S. The van der Waals surface area contributed by atoms with E-state index >= 15 is 0 Å². The number of amides is 1. The highest BCUT2D eigenvalue weighted by Crippen LogP contribution is 2.39. The van der Waals surface area contributed by atoms with Gasteiger partial charge in [-0.3, -0.25) is 9.78 Å². The number of nitrogens with zero attached hydrogens (tertiary/aromatic N) is 2. The molecule has 1 amide bonds. The Kier molecular flexibility index (Phi) is 5.76. The standard InChI is InChI=1S/C22H21FN4O2S/c1-14-9-10-18(29-14)21-20(17-8-4-5-12-24-17)26-22(30)27(21)13-11-19(28)25-16-7-3-2-6-15(16)23/h2-10,12,20-21H,11,13H2,1H3,(H,25,28)(H,26,30)/t20-,21-/m0/s1. The highest BCUT2D eigenvalue weighted by molar-refractivity contribution is 7.80. The number of halogens is 1. The molecule has 0 saturated carbocycles. The second-order valence-corrected chi connectivity index (χ2v) is 7.43. The molecule has 0 spiro atoms. The van der Waals surface area contributed by atoms with E-state index in [0.717, 1.165) is 17.2 Å². The summed E-state index contributed by atoms with van der Waals surface area (Å²) >= 11 is 5.56. The number of aromatic nitrogens is 1. The number of rotatable bonds is 6. The van der Waals surface area contributed by atoms with Crippen molar-refractivity contribution in [2.24, 2.45) is 0 Å². The van der Waals surface area contributed by atoms with Crippen LogP contribution in [0.5, 0.6) is 0 Å². The Morgan fingerprint density at radius 2 is 2.03 bits per heavy atom. The highest BCUT2D eigenvalue weighted by Gasteiger charge is 2.41. The Morgan fingerprint density at radius 3 is 2.73 bits per heavy atom. The molecule has 2 N–H and O–H groups in total. The number of nitrogens with one attached hydrogen (secondary N) is 2. The second-order valence-electron chi connectivity index (χ2n) is 7.05. The molecular weight excluding hydrogens is 403 g/mol. The van der Waals surface area contributed by atoms with E-state index in [0.29, 0.717) is 11.7 Å². The third-order valence-corrected chi connectivity index (χ3v) is 5.33. The van der Waals surface area contributed by atoms with Crippen molar-refractivity contribution in [3.05, 3.63) is 83.8 Å². The largest absolute Gasteiger partial charge is 0.464 e. The van der Waals surface area contributed by atoms with Crippen molar-refractivity contribution >= 4 is 28.9 Å². The Hall–Kier alpha value is -3.26. The van der Waals surface area contributed by atoms with E-state index in [2.05, 4.69) is 15.6 Å². The van der Waals surface area contributed by atoms with Gasteiger partial charge in [-0.15, -0.1) is 0 Å². The molecule has 6 nitrogen and oxygen atoms in total. The highest BCUT2D eigenvalue weighted by atomic mass is 32.1. The van der Waals surface area contributed by atoms with Crippen LogP contribution in [-0.4, -0.2) is 27.4 Å². The van der Waals surface area contributed by atoms with Crippen molar-refractivity contribution in [2.45, 2.75) is 25.4 Å². The molecule has 3 aromatic rings. The van der Waals surface area contributed by atoms with Crippen LogP contribution < -0.4 is 10.6 Å². The maximum Gasteiger partial charge on any atom is 0.226 e. The molecule has 30 heavy (non-hydrogen) atoms. The van der Waals surface area contributed by atoms with Crippen molar-refractivity contribution < 1.29 is 13.6 Å². The van der Waals surface area contributed by atoms with E-state index in [1.54, 1.807) is 18.3 Å². The number of pyridine rings is 1. The zero-order chi connectivity index (χ0) is 21.1. The van der Waals surface area contributed by atoms with Gasteiger partial charge in [0, 0.05) is 19.2 Å². The van der Waals surface area contributed by atoms with Crippen LogP contribution in [0.3, 0.4) is 0 Å². The molecule has 1 aliphatic rings. The van der Waals surface area contributed by atoms with Gasteiger partial charge in [-0.05, 0) is 55.5 Å². The zero-order valence-electron chi connectivity index (χ0n) is 16.3. The molecule has 3 heterocycles. The number of anilines is 1. The van der Waals surface area contributed by atoms with Crippen LogP contribution in [0, 0.1) is 12.7 Å². The number of hydrogen-bond acceptors (Lipinski definition) is 4. The molecule has 0 unspecified atom stereocenters. The maximum absolute atomic E-state index is 13.8. The van der Waals surface area contributed by atoms with Crippen LogP contribution in [0.2, 0.25) is 0 Å². The molecule has 1 aromatic carbocycles. The summed E-state index contributed by atoms with van der Waals surface area (Å²) in [5.41, 5.74) is 0.992. The molecule has 8 heteroatoms. The summed E-state index contributed by atoms with van der Waals surface area (Å²) in [6.45, 7) is 2.23. The van der Waals surface area contributed by atoms with E-state index in [9.17, 15) is 9.18 Å². The Bertz CT molecular complexity index is 1060. The normalized spacial score (nSPS) is 18.3. The molecule has 0 radical (unpaired) electrons. The van der Waals surface area contributed by atoms with Crippen LogP contribution in [-0.2, 0) is 4.79 Å². The predicted octanol–water partition coefficient (Wildman–Crippen LogP) is 4.12. The van der Waals surface area contributed by atoms with Gasteiger partial charge in [-0.2, -0.15) is 0 Å². The molecule has 4 rings (SSSR count). The lowest BCUT2D eigenvalue weighted by Crippen LogP contribution is -2.32. The lowest BCUT2D eigenvalue weighted by atomic mass is 10.0. The quantitative estimate of drug-likeness (QED) is 0.580. The van der Waals surface area contributed by atoms with Gasteiger partial charge in [0.15, 0.2) is 5.11 Å². The van der Waals surface area contributed by atoms with E-state index in [1.165, 1.54) is 12.1 Å². The summed E-state index contributed by atoms with van der Waals surface area (Å²) in [5, 5.41) is 6.43. The number of aryl methyl sites for hydroxylation is 1. The summed E-state index contributed by atoms with van der Waals surface area (Å²) in [6, 6.07) is 15.1. The zero-order valence-corrected chi connectivity index (χ0v) is 17.2. The Labute approximate surface area is 179 Å². The fourth-order valence-electron chi connectivity index (χ4n) is 3.56. The third-order valence-electron chi connectivity index (χ3n) is 4.98. The van der Waals surface area contributed by atoms with Crippen LogP contribution in [0.1, 0.15) is 35.7 Å². The van der Waals surface area contributed by atoms with Gasteiger partial charge in [0.05, 0.1) is 17.4 Å². The lowest BCUT2D eigenvalue weighted by molar-refractivity contribution is -0.116. The number of benzene rings is 1. The van der Waals surface area contributed by atoms with Gasteiger partial charge >= 0.3 is 0 Å². The molecule has 1 aliphatic heterocycles. The minimum Gasteiger partial charge on any atom is -0.464 e. The molecule has 0 aliphatic carbocycles. The first-order valence-corrected chi connectivity index (χ1v) is 10.0. The van der Waals surface area contributed by atoms with Gasteiger partial charge in [-0.1, -0.05) is 18.2 Å². The molecule has 2 aromatic heterocycles. The average Bonchev–Trinajstić information content (AvgIpc) is 3.31. The summed E-state index contributed by atoms with van der Waals surface area (Å²) < 4.78 is 19.7. The topological polar surface area (TPSA) is 70.4 Å². The van der Waals surface area contributed by atoms with Crippen molar-refractivity contribution in [3.63, 3.8) is 0 Å². The van der Waals surface area contributed by atoms with Crippen LogP contribution in [0.15, 0.2) is 65.2 Å². The first-order chi connectivity index (χ1) is 14.5. The molecule has 1 fully saturated rings. The lowest BCUT2D eigenvalue weighted by Gasteiger charge is -2.25. The fourth-order valence-corrected chi connectivity index (χ4v) is 3.90.